The second-order valence-electron chi connectivity index (χ2n) is 4.81. The van der Waals surface area contributed by atoms with Crippen LogP contribution in [0.25, 0.3) is 10.9 Å². The molecule has 0 fully saturated rings. The number of halogens is 1. The molecule has 0 radical (unpaired) electrons. The molecular formula is C16H22ClNO3. The number of rotatable bonds is 2. The summed E-state index contributed by atoms with van der Waals surface area (Å²) in [7, 11) is 0. The molecule has 21 heavy (non-hydrogen) atoms. The first-order valence-electron chi connectivity index (χ1n) is 7.15. The smallest absolute Gasteiger partial charge is 0.194 e. The van der Waals surface area contributed by atoms with E-state index in [4.69, 9.17) is 11.6 Å². The summed E-state index contributed by atoms with van der Waals surface area (Å²) in [6.07, 6.45) is 1.78. The summed E-state index contributed by atoms with van der Waals surface area (Å²) in [5.41, 5.74) is 0.966. The summed E-state index contributed by atoms with van der Waals surface area (Å²) in [4.78, 5) is 12.4. The summed E-state index contributed by atoms with van der Waals surface area (Å²) in [6.45, 7) is 10.4. The number of fused-ring (bicyclic) bond motifs is 1. The van der Waals surface area contributed by atoms with Crippen molar-refractivity contribution in [3.63, 3.8) is 0 Å². The summed E-state index contributed by atoms with van der Waals surface area (Å²) in [5.74, 6) is -0.715. The fraction of sp³-hybridized carbons (Fsp3) is 0.438. The number of aryl methyl sites for hydroxylation is 1. The van der Waals surface area contributed by atoms with Gasteiger partial charge in [-0.15, -0.1) is 0 Å². The van der Waals surface area contributed by atoms with Crippen LogP contribution in [0, 0.1) is 0 Å². The molecule has 1 heterocycles. The minimum absolute atomic E-state index is 0.0571. The molecule has 2 rings (SSSR count). The Bertz CT molecular complexity index is 705. The molecule has 2 N–H and O–H groups in total. The Balaban J connectivity index is 0.00000106. The van der Waals surface area contributed by atoms with Crippen LogP contribution in [0.2, 0.25) is 5.02 Å². The zero-order valence-corrected chi connectivity index (χ0v) is 13.8. The van der Waals surface area contributed by atoms with E-state index in [1.165, 1.54) is 6.07 Å². The lowest BCUT2D eigenvalue weighted by molar-refractivity contribution is 0.404. The predicted octanol–water partition coefficient (Wildman–Crippen LogP) is 4.24. The van der Waals surface area contributed by atoms with E-state index >= 15 is 0 Å². The van der Waals surface area contributed by atoms with Crippen molar-refractivity contribution in [2.24, 2.45) is 0 Å². The molecule has 0 bridgehead atoms. The van der Waals surface area contributed by atoms with E-state index < -0.39 is 5.75 Å². The van der Waals surface area contributed by atoms with E-state index in [-0.39, 0.29) is 27.5 Å². The van der Waals surface area contributed by atoms with Crippen molar-refractivity contribution < 1.29 is 10.2 Å². The minimum atomic E-state index is -0.449. The lowest BCUT2D eigenvalue weighted by atomic mass is 10.0. The first-order chi connectivity index (χ1) is 9.88. The Morgan fingerprint density at radius 1 is 1.29 bits per heavy atom. The van der Waals surface area contributed by atoms with Crippen LogP contribution < -0.4 is 5.43 Å². The van der Waals surface area contributed by atoms with Gasteiger partial charge in [-0.1, -0.05) is 39.3 Å². The Hall–Kier alpha value is -1.68. The molecule has 0 spiro atoms. The molecule has 5 heteroatoms. The molecule has 1 aromatic heterocycles. The van der Waals surface area contributed by atoms with Crippen LogP contribution in [0.15, 0.2) is 17.1 Å². The molecule has 0 aliphatic heterocycles. The minimum Gasteiger partial charge on any atom is -0.504 e. The molecule has 0 aliphatic rings. The maximum absolute atomic E-state index is 12.4. The second-order valence-corrected chi connectivity index (χ2v) is 5.18. The van der Waals surface area contributed by atoms with Gasteiger partial charge >= 0.3 is 0 Å². The maximum Gasteiger partial charge on any atom is 0.194 e. The van der Waals surface area contributed by atoms with Crippen molar-refractivity contribution in [2.75, 3.05) is 0 Å². The Morgan fingerprint density at radius 2 is 1.86 bits per heavy atom. The van der Waals surface area contributed by atoms with E-state index in [9.17, 15) is 15.0 Å². The fourth-order valence-electron chi connectivity index (χ4n) is 2.17. The number of benzene rings is 1. The predicted molar refractivity (Wildman–Crippen MR) is 87.7 cm³/mol. The molecule has 116 valence electrons. The van der Waals surface area contributed by atoms with Crippen LogP contribution in [0.5, 0.6) is 11.5 Å². The molecule has 0 unspecified atom stereocenters. The summed E-state index contributed by atoms with van der Waals surface area (Å²) in [6, 6.07) is 1.37. The molecule has 0 saturated heterocycles. The average molecular weight is 312 g/mol. The van der Waals surface area contributed by atoms with E-state index in [2.05, 4.69) is 0 Å². The van der Waals surface area contributed by atoms with Gasteiger partial charge in [-0.05, 0) is 12.8 Å². The van der Waals surface area contributed by atoms with Crippen LogP contribution in [0.4, 0.5) is 0 Å². The van der Waals surface area contributed by atoms with Crippen LogP contribution >= 0.6 is 11.6 Å². The van der Waals surface area contributed by atoms with Gasteiger partial charge < -0.3 is 14.8 Å². The highest BCUT2D eigenvalue weighted by molar-refractivity contribution is 6.37. The highest BCUT2D eigenvalue weighted by Gasteiger charge is 2.18. The third kappa shape index (κ3) is 3.00. The van der Waals surface area contributed by atoms with Crippen molar-refractivity contribution in [2.45, 2.75) is 47.1 Å². The zero-order valence-electron chi connectivity index (χ0n) is 13.1. The van der Waals surface area contributed by atoms with Crippen molar-refractivity contribution in [3.8, 4) is 11.5 Å². The molecule has 0 atom stereocenters. The lowest BCUT2D eigenvalue weighted by Crippen LogP contribution is -2.16. The van der Waals surface area contributed by atoms with Gasteiger partial charge in [-0.3, -0.25) is 4.79 Å². The molecule has 0 amide bonds. The van der Waals surface area contributed by atoms with Crippen LogP contribution in [0.3, 0.4) is 0 Å². The van der Waals surface area contributed by atoms with Gasteiger partial charge in [0, 0.05) is 24.4 Å². The van der Waals surface area contributed by atoms with Gasteiger partial charge in [0.05, 0.1) is 15.9 Å². The molecular weight excluding hydrogens is 290 g/mol. The SMILES string of the molecule is CC.CCn1cc(C(C)C)c(=O)c2c(Cl)c(O)c(O)cc21. The third-order valence-electron chi connectivity index (χ3n) is 3.26. The highest BCUT2D eigenvalue weighted by Crippen LogP contribution is 2.38. The van der Waals surface area contributed by atoms with Crippen molar-refractivity contribution in [3.05, 3.63) is 33.1 Å². The Morgan fingerprint density at radius 3 is 2.33 bits per heavy atom. The standard InChI is InChI=1S/C14H16ClNO3.C2H6/c1-4-16-6-8(7(2)3)13(18)11-9(16)5-10(17)14(19)12(11)15;1-2/h5-7,17,19H,4H2,1-3H3;1-2H3. The molecule has 4 nitrogen and oxygen atoms in total. The summed E-state index contributed by atoms with van der Waals surface area (Å²) >= 11 is 6.02. The highest BCUT2D eigenvalue weighted by atomic mass is 35.5. The topological polar surface area (TPSA) is 62.5 Å². The number of hydrogen-bond donors (Lipinski definition) is 2. The number of phenols is 2. The zero-order chi connectivity index (χ0) is 16.3. The monoisotopic (exact) mass is 311 g/mol. The number of nitrogens with zero attached hydrogens (tertiary/aromatic N) is 1. The van der Waals surface area contributed by atoms with Crippen molar-refractivity contribution in [1.29, 1.82) is 0 Å². The van der Waals surface area contributed by atoms with Crippen molar-refractivity contribution >= 4 is 22.5 Å². The third-order valence-corrected chi connectivity index (χ3v) is 3.62. The first-order valence-corrected chi connectivity index (χ1v) is 7.53. The van der Waals surface area contributed by atoms with E-state index in [0.717, 1.165) is 0 Å². The first kappa shape index (κ1) is 17.4. The maximum atomic E-state index is 12.4. The van der Waals surface area contributed by atoms with E-state index in [1.807, 2.05) is 39.2 Å². The van der Waals surface area contributed by atoms with Gasteiger partial charge in [-0.2, -0.15) is 0 Å². The Kier molecular flexibility index (Phi) is 5.67. The molecule has 0 aliphatic carbocycles. The second kappa shape index (κ2) is 6.85. The normalized spacial score (nSPS) is 10.6. The van der Waals surface area contributed by atoms with Crippen LogP contribution in [-0.4, -0.2) is 14.8 Å². The van der Waals surface area contributed by atoms with Gasteiger partial charge in [0.25, 0.3) is 0 Å². The number of pyridine rings is 1. The van der Waals surface area contributed by atoms with E-state index in [1.54, 1.807) is 6.20 Å². The quantitative estimate of drug-likeness (QED) is 0.816. The number of hydrogen-bond acceptors (Lipinski definition) is 3. The number of aromatic hydroxyl groups is 2. The summed E-state index contributed by atoms with van der Waals surface area (Å²) < 4.78 is 1.84. The number of aromatic nitrogens is 1. The lowest BCUT2D eigenvalue weighted by Gasteiger charge is -2.15. The Labute approximate surface area is 129 Å². The van der Waals surface area contributed by atoms with Gasteiger partial charge in [-0.25, -0.2) is 0 Å². The largest absolute Gasteiger partial charge is 0.504 e. The average Bonchev–Trinajstić information content (AvgIpc) is 2.46. The summed E-state index contributed by atoms with van der Waals surface area (Å²) in [5, 5.41) is 19.5. The molecule has 0 saturated carbocycles. The fourth-order valence-corrected chi connectivity index (χ4v) is 2.45. The van der Waals surface area contributed by atoms with E-state index in [0.29, 0.717) is 17.6 Å². The van der Waals surface area contributed by atoms with Gasteiger partial charge in [0.15, 0.2) is 16.9 Å². The van der Waals surface area contributed by atoms with Gasteiger partial charge in [0.1, 0.15) is 0 Å². The van der Waals surface area contributed by atoms with Crippen LogP contribution in [-0.2, 0) is 6.54 Å². The van der Waals surface area contributed by atoms with Crippen LogP contribution in [0.1, 0.15) is 46.1 Å². The van der Waals surface area contributed by atoms with Gasteiger partial charge in [0.2, 0.25) is 0 Å². The van der Waals surface area contributed by atoms with Crippen molar-refractivity contribution in [1.82, 2.24) is 4.57 Å². The molecule has 1 aromatic carbocycles. The number of phenolic OH excluding ortho intramolecular Hbond substituents is 2. The molecule has 2 aromatic rings.